The van der Waals surface area contributed by atoms with Crippen molar-refractivity contribution >= 4 is 69.6 Å². The molecule has 1 unspecified atom stereocenters. The van der Waals surface area contributed by atoms with Gasteiger partial charge in [0.25, 0.3) is 11.8 Å². The van der Waals surface area contributed by atoms with Crippen molar-refractivity contribution in [3.63, 3.8) is 0 Å². The molecular formula is C27H24Cl4N4O3. The Kier molecular flexibility index (Phi) is 9.18. The predicted octanol–water partition coefficient (Wildman–Crippen LogP) is 6.18. The van der Waals surface area contributed by atoms with Crippen LogP contribution in [0.1, 0.15) is 27.9 Å². The Hall–Kier alpha value is -2.81. The standard InChI is InChI=1S/C27H24Cl4N4O3/c1-35(2)10-5-11-38-22-9-8-15(28)12-18(22)26(36)34-25-27(37)32-21-7-4-3-6-17(21)24(33-25)23-19(30)13-16(29)14-20(23)31/h3-4,6-9,12-14,25H,5,10-11H2,1-2H3,(H,32,37)(H,34,36). The van der Waals surface area contributed by atoms with Crippen molar-refractivity contribution in [2.75, 3.05) is 32.6 Å². The third kappa shape index (κ3) is 6.60. The molecule has 0 radical (unpaired) electrons. The van der Waals surface area contributed by atoms with Gasteiger partial charge in [-0.15, -0.1) is 0 Å². The van der Waals surface area contributed by atoms with Crippen LogP contribution in [0.25, 0.3) is 0 Å². The van der Waals surface area contributed by atoms with Crippen LogP contribution >= 0.6 is 46.4 Å². The van der Waals surface area contributed by atoms with E-state index in [2.05, 4.69) is 15.6 Å². The van der Waals surface area contributed by atoms with Crippen LogP contribution in [0.5, 0.6) is 5.75 Å². The van der Waals surface area contributed by atoms with Gasteiger partial charge in [-0.25, -0.2) is 4.99 Å². The second-order valence-electron chi connectivity index (χ2n) is 8.78. The SMILES string of the molecule is CN(C)CCCOc1ccc(Cl)cc1C(=O)NC1N=C(c2c(Cl)cc(Cl)cc2Cl)c2ccccc2NC1=O. The number of carbonyl (C=O) groups excluding carboxylic acids is 2. The van der Waals surface area contributed by atoms with Gasteiger partial charge in [0.15, 0.2) is 0 Å². The summed E-state index contributed by atoms with van der Waals surface area (Å²) in [6, 6.07) is 14.9. The number of hydrogen-bond donors (Lipinski definition) is 2. The van der Waals surface area contributed by atoms with E-state index >= 15 is 0 Å². The molecule has 3 aromatic carbocycles. The van der Waals surface area contributed by atoms with Crippen molar-refractivity contribution in [3.05, 3.63) is 91.4 Å². The maximum atomic E-state index is 13.4. The van der Waals surface area contributed by atoms with Crippen molar-refractivity contribution in [2.45, 2.75) is 12.6 Å². The number of rotatable bonds is 8. The zero-order valence-electron chi connectivity index (χ0n) is 20.5. The smallest absolute Gasteiger partial charge is 0.269 e. The number of nitrogens with one attached hydrogen (secondary N) is 2. The number of halogens is 4. The Morgan fingerprint density at radius 2 is 1.74 bits per heavy atom. The van der Waals surface area contributed by atoms with Crippen molar-refractivity contribution < 1.29 is 14.3 Å². The molecule has 0 aromatic heterocycles. The van der Waals surface area contributed by atoms with Gasteiger partial charge in [0, 0.05) is 27.7 Å². The highest BCUT2D eigenvalue weighted by molar-refractivity contribution is 6.44. The molecule has 0 bridgehead atoms. The molecule has 2 N–H and O–H groups in total. The average molecular weight is 594 g/mol. The van der Waals surface area contributed by atoms with E-state index in [9.17, 15) is 9.59 Å². The topological polar surface area (TPSA) is 83.0 Å². The van der Waals surface area contributed by atoms with Gasteiger partial charge in [-0.05, 0) is 56.9 Å². The van der Waals surface area contributed by atoms with Crippen LogP contribution < -0.4 is 15.4 Å². The zero-order chi connectivity index (χ0) is 27.4. The van der Waals surface area contributed by atoms with E-state index in [0.29, 0.717) is 44.9 Å². The fraction of sp³-hybridized carbons (Fsp3) is 0.222. The number of amides is 2. The largest absolute Gasteiger partial charge is 0.493 e. The number of nitrogens with zero attached hydrogens (tertiary/aromatic N) is 2. The molecule has 0 spiro atoms. The van der Waals surface area contributed by atoms with Gasteiger partial charge >= 0.3 is 0 Å². The maximum absolute atomic E-state index is 13.4. The van der Waals surface area contributed by atoms with Gasteiger partial charge in [-0.1, -0.05) is 64.6 Å². The maximum Gasteiger partial charge on any atom is 0.269 e. The highest BCUT2D eigenvalue weighted by atomic mass is 35.5. The minimum atomic E-state index is -1.31. The van der Waals surface area contributed by atoms with Crippen molar-refractivity contribution in [2.24, 2.45) is 4.99 Å². The van der Waals surface area contributed by atoms with Crippen LogP contribution in [-0.4, -0.2) is 55.8 Å². The summed E-state index contributed by atoms with van der Waals surface area (Å²) in [5.41, 5.74) is 1.95. The van der Waals surface area contributed by atoms with E-state index in [4.69, 9.17) is 51.1 Å². The van der Waals surface area contributed by atoms with Crippen LogP contribution in [0.15, 0.2) is 59.6 Å². The van der Waals surface area contributed by atoms with Crippen LogP contribution in [0.2, 0.25) is 20.1 Å². The first-order valence-corrected chi connectivity index (χ1v) is 13.2. The molecular weight excluding hydrogens is 570 g/mol. The molecule has 0 fully saturated rings. The van der Waals surface area contributed by atoms with Crippen molar-refractivity contribution in [1.29, 1.82) is 0 Å². The molecule has 1 aliphatic rings. The van der Waals surface area contributed by atoms with Gasteiger partial charge in [-0.3, -0.25) is 9.59 Å². The number of benzene rings is 3. The molecule has 0 saturated carbocycles. The summed E-state index contributed by atoms with van der Waals surface area (Å²) in [6.07, 6.45) is -0.552. The molecule has 2 amide bonds. The number of hydrogen-bond acceptors (Lipinski definition) is 5. The number of benzodiazepines with no additional fused rings is 1. The molecule has 1 atom stereocenters. The summed E-state index contributed by atoms with van der Waals surface area (Å²) in [5, 5.41) is 6.70. The van der Waals surface area contributed by atoms with Crippen LogP contribution in [0.3, 0.4) is 0 Å². The van der Waals surface area contributed by atoms with E-state index in [0.717, 1.165) is 13.0 Å². The number of ether oxygens (including phenoxy) is 1. The zero-order valence-corrected chi connectivity index (χ0v) is 23.5. The first-order valence-electron chi connectivity index (χ1n) is 11.6. The Balaban J connectivity index is 1.69. The van der Waals surface area contributed by atoms with Gasteiger partial charge in [0.1, 0.15) is 5.75 Å². The molecule has 1 aliphatic heterocycles. The Morgan fingerprint density at radius 1 is 1.03 bits per heavy atom. The second-order valence-corrected chi connectivity index (χ2v) is 10.5. The highest BCUT2D eigenvalue weighted by Crippen LogP contribution is 2.34. The van der Waals surface area contributed by atoms with Gasteiger partial charge in [-0.2, -0.15) is 0 Å². The molecule has 198 valence electrons. The van der Waals surface area contributed by atoms with E-state index in [1.54, 1.807) is 36.4 Å². The Labute approximate surface area is 240 Å². The fourth-order valence-corrected chi connectivity index (χ4v) is 5.06. The fourth-order valence-electron chi connectivity index (χ4n) is 3.89. The first-order chi connectivity index (χ1) is 18.1. The minimum Gasteiger partial charge on any atom is -0.493 e. The summed E-state index contributed by atoms with van der Waals surface area (Å²) in [5.74, 6) is -0.786. The predicted molar refractivity (Wildman–Crippen MR) is 154 cm³/mol. The molecule has 0 aliphatic carbocycles. The quantitative estimate of drug-likeness (QED) is 0.306. The van der Waals surface area contributed by atoms with Crippen molar-refractivity contribution in [3.8, 4) is 5.75 Å². The van der Waals surface area contributed by atoms with E-state index in [1.165, 1.54) is 18.2 Å². The van der Waals surface area contributed by atoms with Crippen LogP contribution in [-0.2, 0) is 4.79 Å². The Bertz CT molecular complexity index is 1390. The van der Waals surface area contributed by atoms with E-state index < -0.39 is 18.0 Å². The van der Waals surface area contributed by atoms with Gasteiger partial charge < -0.3 is 20.3 Å². The first kappa shape index (κ1) is 28.2. The molecule has 0 saturated heterocycles. The van der Waals surface area contributed by atoms with Crippen LogP contribution in [0.4, 0.5) is 5.69 Å². The second kappa shape index (κ2) is 12.4. The van der Waals surface area contributed by atoms with E-state index in [-0.39, 0.29) is 15.6 Å². The lowest BCUT2D eigenvalue weighted by molar-refractivity contribution is -0.117. The van der Waals surface area contributed by atoms with Crippen molar-refractivity contribution in [1.82, 2.24) is 10.2 Å². The van der Waals surface area contributed by atoms with Gasteiger partial charge in [0.05, 0.1) is 33.6 Å². The van der Waals surface area contributed by atoms with E-state index in [1.807, 2.05) is 19.0 Å². The lowest BCUT2D eigenvalue weighted by Crippen LogP contribution is -2.42. The normalized spacial score (nSPS) is 14.9. The molecule has 3 aromatic rings. The number of para-hydroxylation sites is 1. The highest BCUT2D eigenvalue weighted by Gasteiger charge is 2.30. The minimum absolute atomic E-state index is 0.177. The number of fused-ring (bicyclic) bond motifs is 1. The Morgan fingerprint density at radius 3 is 2.45 bits per heavy atom. The summed E-state index contributed by atoms with van der Waals surface area (Å²) in [4.78, 5) is 33.2. The number of anilines is 1. The molecule has 4 rings (SSSR count). The number of aliphatic imine (C=N–C) groups is 1. The summed E-state index contributed by atoms with van der Waals surface area (Å²) < 4.78 is 5.86. The lowest BCUT2D eigenvalue weighted by atomic mass is 10.0. The monoisotopic (exact) mass is 592 g/mol. The summed E-state index contributed by atoms with van der Waals surface area (Å²) in [6.45, 7) is 1.22. The third-order valence-electron chi connectivity index (χ3n) is 5.65. The molecule has 7 nitrogen and oxygen atoms in total. The molecule has 1 heterocycles. The average Bonchev–Trinajstić information content (AvgIpc) is 2.98. The summed E-state index contributed by atoms with van der Waals surface area (Å²) in [7, 11) is 3.94. The molecule has 11 heteroatoms. The van der Waals surface area contributed by atoms with Crippen LogP contribution in [0, 0.1) is 0 Å². The lowest BCUT2D eigenvalue weighted by Gasteiger charge is -2.17. The van der Waals surface area contributed by atoms with Gasteiger partial charge in [0.2, 0.25) is 6.17 Å². The number of carbonyl (C=O) groups is 2. The summed E-state index contributed by atoms with van der Waals surface area (Å²) >= 11 is 25.3. The third-order valence-corrected chi connectivity index (χ3v) is 6.70. The molecule has 38 heavy (non-hydrogen) atoms.